The SMILES string of the molecule is CC(=O)Nc1ccc(NC(=O)c2ccnc(Br)c2)cc1C. The van der Waals surface area contributed by atoms with Gasteiger partial charge in [-0.2, -0.15) is 0 Å². The van der Waals surface area contributed by atoms with Crippen molar-refractivity contribution < 1.29 is 9.59 Å². The summed E-state index contributed by atoms with van der Waals surface area (Å²) < 4.78 is 0.604. The highest BCUT2D eigenvalue weighted by Gasteiger charge is 2.08. The van der Waals surface area contributed by atoms with Crippen molar-refractivity contribution >= 4 is 39.1 Å². The number of carbonyl (C=O) groups excluding carboxylic acids is 2. The molecule has 2 amide bonds. The molecule has 0 aliphatic rings. The van der Waals surface area contributed by atoms with Gasteiger partial charge in [0.1, 0.15) is 4.60 Å². The van der Waals surface area contributed by atoms with Gasteiger partial charge in [0.2, 0.25) is 5.91 Å². The molecule has 1 aromatic carbocycles. The van der Waals surface area contributed by atoms with Crippen LogP contribution in [0.25, 0.3) is 0 Å². The van der Waals surface area contributed by atoms with Crippen LogP contribution in [0.5, 0.6) is 0 Å². The number of nitrogens with one attached hydrogen (secondary N) is 2. The minimum atomic E-state index is -0.218. The molecule has 2 rings (SSSR count). The molecule has 0 spiro atoms. The van der Waals surface area contributed by atoms with Gasteiger partial charge in [-0.3, -0.25) is 9.59 Å². The Bertz CT molecular complexity index is 701. The molecule has 0 radical (unpaired) electrons. The molecule has 6 heteroatoms. The normalized spacial score (nSPS) is 10.0. The molecule has 0 bridgehead atoms. The lowest BCUT2D eigenvalue weighted by atomic mass is 10.1. The average molecular weight is 348 g/mol. The first-order chi connectivity index (χ1) is 9.95. The molecule has 0 atom stereocenters. The number of aromatic nitrogens is 1. The molecule has 0 saturated heterocycles. The van der Waals surface area contributed by atoms with Crippen LogP contribution in [-0.2, 0) is 4.79 Å². The zero-order chi connectivity index (χ0) is 15.4. The monoisotopic (exact) mass is 347 g/mol. The Morgan fingerprint density at radius 3 is 2.52 bits per heavy atom. The Labute approximate surface area is 130 Å². The summed E-state index contributed by atoms with van der Waals surface area (Å²) in [6.45, 7) is 3.32. The van der Waals surface area contributed by atoms with Crippen LogP contribution in [0.1, 0.15) is 22.8 Å². The Morgan fingerprint density at radius 1 is 1.14 bits per heavy atom. The maximum absolute atomic E-state index is 12.1. The second-order valence-corrected chi connectivity index (χ2v) is 5.34. The third-order valence-corrected chi connectivity index (χ3v) is 3.22. The first kappa shape index (κ1) is 15.2. The number of hydrogen-bond donors (Lipinski definition) is 2. The Balaban J connectivity index is 2.15. The number of aryl methyl sites for hydroxylation is 1. The van der Waals surface area contributed by atoms with Gasteiger partial charge >= 0.3 is 0 Å². The number of rotatable bonds is 3. The van der Waals surface area contributed by atoms with Gasteiger partial charge in [0.15, 0.2) is 0 Å². The zero-order valence-corrected chi connectivity index (χ0v) is 13.2. The lowest BCUT2D eigenvalue weighted by molar-refractivity contribution is -0.114. The van der Waals surface area contributed by atoms with Gasteiger partial charge in [0.25, 0.3) is 5.91 Å². The lowest BCUT2D eigenvalue weighted by Crippen LogP contribution is -2.13. The van der Waals surface area contributed by atoms with Crippen molar-refractivity contribution in [2.45, 2.75) is 13.8 Å². The lowest BCUT2D eigenvalue weighted by Gasteiger charge is -2.10. The van der Waals surface area contributed by atoms with E-state index in [2.05, 4.69) is 31.5 Å². The largest absolute Gasteiger partial charge is 0.326 e. The fraction of sp³-hybridized carbons (Fsp3) is 0.133. The Kier molecular flexibility index (Phi) is 4.70. The fourth-order valence-electron chi connectivity index (χ4n) is 1.82. The number of nitrogens with zero attached hydrogens (tertiary/aromatic N) is 1. The van der Waals surface area contributed by atoms with Crippen LogP contribution in [0.15, 0.2) is 41.1 Å². The van der Waals surface area contributed by atoms with Crippen LogP contribution in [0.3, 0.4) is 0 Å². The van der Waals surface area contributed by atoms with Crippen molar-refractivity contribution in [3.05, 3.63) is 52.3 Å². The molecule has 2 N–H and O–H groups in total. The summed E-state index contributed by atoms with van der Waals surface area (Å²) in [4.78, 5) is 27.1. The quantitative estimate of drug-likeness (QED) is 0.836. The van der Waals surface area contributed by atoms with E-state index in [4.69, 9.17) is 0 Å². The Morgan fingerprint density at radius 2 is 1.90 bits per heavy atom. The minimum Gasteiger partial charge on any atom is -0.326 e. The van der Waals surface area contributed by atoms with E-state index in [9.17, 15) is 9.59 Å². The number of amides is 2. The van der Waals surface area contributed by atoms with Crippen LogP contribution in [-0.4, -0.2) is 16.8 Å². The minimum absolute atomic E-state index is 0.128. The van der Waals surface area contributed by atoms with E-state index in [0.29, 0.717) is 15.9 Å². The molecular formula is C15H14BrN3O2. The van der Waals surface area contributed by atoms with E-state index in [1.807, 2.05) is 6.92 Å². The molecule has 21 heavy (non-hydrogen) atoms. The van der Waals surface area contributed by atoms with E-state index in [0.717, 1.165) is 11.3 Å². The summed E-state index contributed by atoms with van der Waals surface area (Å²) in [6, 6.07) is 8.59. The number of halogens is 1. The van der Waals surface area contributed by atoms with Crippen molar-refractivity contribution in [1.29, 1.82) is 0 Å². The maximum atomic E-state index is 12.1. The van der Waals surface area contributed by atoms with Gasteiger partial charge in [-0.05, 0) is 58.7 Å². The molecule has 1 heterocycles. The van der Waals surface area contributed by atoms with Gasteiger partial charge in [-0.25, -0.2) is 4.98 Å². The van der Waals surface area contributed by atoms with Crippen molar-refractivity contribution in [3.8, 4) is 0 Å². The number of benzene rings is 1. The Hall–Kier alpha value is -2.21. The van der Waals surface area contributed by atoms with E-state index in [-0.39, 0.29) is 11.8 Å². The number of pyridine rings is 1. The van der Waals surface area contributed by atoms with Crippen LogP contribution in [0.2, 0.25) is 0 Å². The predicted molar refractivity (Wildman–Crippen MR) is 85.4 cm³/mol. The summed E-state index contributed by atoms with van der Waals surface area (Å²) in [5.74, 6) is -0.346. The molecule has 108 valence electrons. The van der Waals surface area contributed by atoms with Crippen molar-refractivity contribution in [2.75, 3.05) is 10.6 Å². The van der Waals surface area contributed by atoms with Gasteiger partial charge in [-0.15, -0.1) is 0 Å². The fourth-order valence-corrected chi connectivity index (χ4v) is 2.18. The second-order valence-electron chi connectivity index (χ2n) is 4.53. The third-order valence-electron chi connectivity index (χ3n) is 2.78. The topological polar surface area (TPSA) is 71.1 Å². The summed E-state index contributed by atoms with van der Waals surface area (Å²) in [6.07, 6.45) is 1.56. The molecule has 1 aromatic heterocycles. The zero-order valence-electron chi connectivity index (χ0n) is 11.6. The summed E-state index contributed by atoms with van der Waals surface area (Å²) >= 11 is 3.23. The van der Waals surface area contributed by atoms with Crippen molar-refractivity contribution in [2.24, 2.45) is 0 Å². The molecular weight excluding hydrogens is 334 g/mol. The van der Waals surface area contributed by atoms with Gasteiger partial charge in [-0.1, -0.05) is 0 Å². The standard InChI is InChI=1S/C15H14BrN3O2/c1-9-7-12(3-4-13(9)18-10(2)20)19-15(21)11-5-6-17-14(16)8-11/h3-8H,1-2H3,(H,18,20)(H,19,21). The van der Waals surface area contributed by atoms with Crippen LogP contribution < -0.4 is 10.6 Å². The molecule has 0 aliphatic carbocycles. The van der Waals surface area contributed by atoms with Crippen LogP contribution in [0.4, 0.5) is 11.4 Å². The average Bonchev–Trinajstić information content (AvgIpc) is 2.41. The van der Waals surface area contributed by atoms with Crippen LogP contribution in [0, 0.1) is 6.92 Å². The highest BCUT2D eigenvalue weighted by molar-refractivity contribution is 9.10. The van der Waals surface area contributed by atoms with Crippen molar-refractivity contribution in [3.63, 3.8) is 0 Å². The van der Waals surface area contributed by atoms with Gasteiger partial charge in [0, 0.05) is 30.1 Å². The molecule has 0 unspecified atom stereocenters. The first-order valence-electron chi connectivity index (χ1n) is 6.27. The van der Waals surface area contributed by atoms with E-state index >= 15 is 0 Å². The summed E-state index contributed by atoms with van der Waals surface area (Å²) in [5.41, 5.74) is 2.78. The third kappa shape index (κ3) is 4.13. The molecule has 0 saturated carbocycles. The smallest absolute Gasteiger partial charge is 0.255 e. The van der Waals surface area contributed by atoms with E-state index in [1.165, 1.54) is 6.92 Å². The highest BCUT2D eigenvalue weighted by Crippen LogP contribution is 2.20. The molecule has 2 aromatic rings. The predicted octanol–water partition coefficient (Wildman–Crippen LogP) is 3.36. The summed E-state index contributed by atoms with van der Waals surface area (Å²) in [5, 5.41) is 5.53. The molecule has 0 aliphatic heterocycles. The second kappa shape index (κ2) is 6.49. The first-order valence-corrected chi connectivity index (χ1v) is 7.06. The van der Waals surface area contributed by atoms with E-state index in [1.54, 1.807) is 36.5 Å². The van der Waals surface area contributed by atoms with Gasteiger partial charge < -0.3 is 10.6 Å². The van der Waals surface area contributed by atoms with Crippen LogP contribution >= 0.6 is 15.9 Å². The molecule has 5 nitrogen and oxygen atoms in total. The number of anilines is 2. The highest BCUT2D eigenvalue weighted by atomic mass is 79.9. The van der Waals surface area contributed by atoms with Crippen molar-refractivity contribution in [1.82, 2.24) is 4.98 Å². The maximum Gasteiger partial charge on any atom is 0.255 e. The van der Waals surface area contributed by atoms with Gasteiger partial charge in [0.05, 0.1) is 0 Å². The molecule has 0 fully saturated rings. The summed E-state index contributed by atoms with van der Waals surface area (Å²) in [7, 11) is 0. The van der Waals surface area contributed by atoms with E-state index < -0.39 is 0 Å². The number of carbonyl (C=O) groups is 2. The number of hydrogen-bond acceptors (Lipinski definition) is 3.